The van der Waals surface area contributed by atoms with Gasteiger partial charge in [0.1, 0.15) is 6.10 Å². The average Bonchev–Trinajstić information content (AvgIpc) is 3.36. The second-order valence-electron chi connectivity index (χ2n) is 19.8. The number of aliphatic hydroxyl groups is 1. The van der Waals surface area contributed by atoms with Gasteiger partial charge in [-0.2, -0.15) is 0 Å². The van der Waals surface area contributed by atoms with Crippen molar-refractivity contribution in [1.82, 2.24) is 5.32 Å². The van der Waals surface area contributed by atoms with Gasteiger partial charge in [-0.15, -0.1) is 0 Å². The van der Waals surface area contributed by atoms with Crippen LogP contribution in [0, 0.1) is 56.2 Å². The quantitative estimate of drug-likeness (QED) is 0.205. The van der Waals surface area contributed by atoms with Crippen LogP contribution in [0.15, 0.2) is 35.4 Å². The summed E-state index contributed by atoms with van der Waals surface area (Å²) >= 11 is 6.10. The van der Waals surface area contributed by atoms with Crippen molar-refractivity contribution in [2.45, 2.75) is 145 Å². The number of benzene rings is 1. The Morgan fingerprint density at radius 1 is 0.942 bits per heavy atom. The van der Waals surface area contributed by atoms with Crippen molar-refractivity contribution in [3.63, 3.8) is 0 Å². The molecule has 3 N–H and O–H groups in total. The summed E-state index contributed by atoms with van der Waals surface area (Å²) in [6.07, 6.45) is 7.17. The highest BCUT2D eigenvalue weighted by Gasteiger charge is 2.70. The van der Waals surface area contributed by atoms with Gasteiger partial charge in [-0.05, 0) is 128 Å². The molecule has 0 bridgehead atoms. The summed E-state index contributed by atoms with van der Waals surface area (Å²) in [6, 6.07) is 7.79. The van der Waals surface area contributed by atoms with E-state index in [4.69, 9.17) is 16.3 Å². The Kier molecular flexibility index (Phi) is 10.3. The highest BCUT2D eigenvalue weighted by Crippen LogP contribution is 2.77. The van der Waals surface area contributed by atoms with Crippen molar-refractivity contribution >= 4 is 29.3 Å². The number of halogens is 1. The number of aliphatic carboxylic acids is 1. The molecule has 0 spiro atoms. The van der Waals surface area contributed by atoms with Crippen LogP contribution in [-0.2, 0) is 25.7 Å². The third-order valence-electron chi connectivity index (χ3n) is 16.1. The lowest BCUT2D eigenvalue weighted by Gasteiger charge is -2.72. The molecule has 1 aromatic carbocycles. The van der Waals surface area contributed by atoms with Gasteiger partial charge in [0.25, 0.3) is 0 Å². The Morgan fingerprint density at radius 2 is 1.62 bits per heavy atom. The molecule has 0 saturated heterocycles. The van der Waals surface area contributed by atoms with E-state index in [1.807, 2.05) is 24.3 Å². The molecule has 5 aliphatic carbocycles. The number of hydrogen-bond donors (Lipinski definition) is 3. The maximum atomic E-state index is 14.0. The monoisotopic (exact) mass is 737 g/mol. The number of fused-ring (bicyclic) bond motifs is 7. The topological polar surface area (TPSA) is 113 Å². The molecule has 4 saturated carbocycles. The van der Waals surface area contributed by atoms with E-state index in [-0.39, 0.29) is 51.8 Å². The van der Waals surface area contributed by atoms with E-state index >= 15 is 0 Å². The number of carboxylic acids is 1. The van der Waals surface area contributed by atoms with Gasteiger partial charge >= 0.3 is 11.9 Å². The Balaban J connectivity index is 1.26. The summed E-state index contributed by atoms with van der Waals surface area (Å²) in [6.45, 7) is 20.7. The molecule has 0 heterocycles. The zero-order valence-corrected chi connectivity index (χ0v) is 33.9. The number of allylic oxidation sites excluding steroid dienone is 1. The van der Waals surface area contributed by atoms with E-state index in [0.29, 0.717) is 36.4 Å². The molecule has 2 unspecified atom stereocenters. The summed E-state index contributed by atoms with van der Waals surface area (Å²) < 4.78 is 6.16. The molecule has 1 aromatic rings. The van der Waals surface area contributed by atoms with Crippen LogP contribution in [-0.4, -0.2) is 46.7 Å². The molecule has 288 valence electrons. The number of ether oxygens (including phenoxy) is 1. The first-order chi connectivity index (χ1) is 24.1. The van der Waals surface area contributed by atoms with Crippen molar-refractivity contribution in [1.29, 1.82) is 0 Å². The molecule has 0 radical (unpaired) electrons. The summed E-state index contributed by atoms with van der Waals surface area (Å²) in [4.78, 5) is 38.8. The summed E-state index contributed by atoms with van der Waals surface area (Å²) in [5.41, 5.74) is 1.55. The minimum atomic E-state index is -1.17. The van der Waals surface area contributed by atoms with Crippen LogP contribution in [0.5, 0.6) is 0 Å². The van der Waals surface area contributed by atoms with Crippen molar-refractivity contribution in [3.8, 4) is 0 Å². The lowest BCUT2D eigenvalue weighted by atomic mass is 9.33. The predicted octanol–water partition coefficient (Wildman–Crippen LogP) is 9.18. The Morgan fingerprint density at radius 3 is 2.25 bits per heavy atom. The molecule has 52 heavy (non-hydrogen) atoms. The van der Waals surface area contributed by atoms with E-state index in [2.05, 4.69) is 53.8 Å². The van der Waals surface area contributed by atoms with Gasteiger partial charge in [0, 0.05) is 35.4 Å². The number of Topliss-reactive ketones (excluding diaryl/α,β-unsaturated/α-hetero) is 1. The first-order valence-electron chi connectivity index (χ1n) is 20.0. The fraction of sp³-hybridized carbons (Fsp3) is 0.750. The third-order valence-corrected chi connectivity index (χ3v) is 16.3. The molecule has 0 aromatic heterocycles. The normalized spacial score (nSPS) is 37.5. The fourth-order valence-electron chi connectivity index (χ4n) is 13.1. The van der Waals surface area contributed by atoms with Gasteiger partial charge in [0.05, 0.1) is 17.9 Å². The van der Waals surface area contributed by atoms with Gasteiger partial charge < -0.3 is 20.3 Å². The van der Waals surface area contributed by atoms with Crippen LogP contribution in [0.3, 0.4) is 0 Å². The molecule has 4 fully saturated rings. The number of ketones is 1. The SMILES string of the molecule is CC(C)C1=C2C3CC[C@@H]4[C@@]5(C)CC[C@H](OC(=O)CC(C)(C)C(=O)O)C(C)(C)[C@@H]5CC[C@@]4(C)[C@]3(C)CC[C@@]2(C(O)CNCc2ccc(Cl)cc2)CC1=O. The second-order valence-corrected chi connectivity index (χ2v) is 20.3. The van der Waals surface area contributed by atoms with E-state index in [1.54, 1.807) is 13.8 Å². The Bertz CT molecular complexity index is 1610. The number of carbonyl (C=O) groups excluding carboxylic acids is 2. The van der Waals surface area contributed by atoms with Crippen molar-refractivity contribution in [2.24, 2.45) is 56.2 Å². The van der Waals surface area contributed by atoms with Gasteiger partial charge in [-0.3, -0.25) is 14.4 Å². The lowest BCUT2D eigenvalue weighted by molar-refractivity contribution is -0.235. The van der Waals surface area contributed by atoms with Gasteiger partial charge in [-0.1, -0.05) is 77.8 Å². The van der Waals surface area contributed by atoms with Crippen molar-refractivity contribution < 1.29 is 29.3 Å². The standard InChI is InChI=1S/C44H64ClNO6/c1-26(2)36-30(47)22-44(33(48)25-46-24-27-10-12-28(45)13-11-27)21-20-42(8)29(37(36)44)14-15-32-41(7)18-17-34(52-35(49)23-39(3,4)38(50)51)40(5,6)31(41)16-19-43(32,42)9/h10-13,26,29,31-34,46,48H,14-25H2,1-9H3,(H,50,51)/t29?,31-,32+,33?,34-,41-,42+,43+,44-/m0/s1. The van der Waals surface area contributed by atoms with Gasteiger partial charge in [0.15, 0.2) is 5.78 Å². The van der Waals surface area contributed by atoms with E-state index in [9.17, 15) is 24.6 Å². The summed E-state index contributed by atoms with van der Waals surface area (Å²) in [5, 5.41) is 26.0. The van der Waals surface area contributed by atoms with Crippen LogP contribution in [0.25, 0.3) is 0 Å². The van der Waals surface area contributed by atoms with Crippen LogP contribution in [0.4, 0.5) is 0 Å². The van der Waals surface area contributed by atoms with Crippen LogP contribution in [0.1, 0.15) is 132 Å². The number of rotatable bonds is 10. The molecule has 0 amide bonds. The van der Waals surface area contributed by atoms with Gasteiger partial charge in [0.2, 0.25) is 0 Å². The second kappa shape index (κ2) is 13.5. The van der Waals surface area contributed by atoms with E-state index < -0.39 is 28.9 Å². The maximum absolute atomic E-state index is 14.0. The number of nitrogens with one attached hydrogen (secondary N) is 1. The number of aliphatic hydroxyl groups excluding tert-OH is 1. The number of esters is 1. The molecular weight excluding hydrogens is 674 g/mol. The maximum Gasteiger partial charge on any atom is 0.309 e. The summed E-state index contributed by atoms with van der Waals surface area (Å²) in [7, 11) is 0. The minimum Gasteiger partial charge on any atom is -0.481 e. The molecule has 6 rings (SSSR count). The number of carboxylic acid groups (broad SMARTS) is 1. The van der Waals surface area contributed by atoms with Crippen molar-refractivity contribution in [3.05, 3.63) is 46.0 Å². The first kappa shape index (κ1) is 39.5. The molecule has 8 heteroatoms. The zero-order chi connectivity index (χ0) is 38.2. The van der Waals surface area contributed by atoms with Gasteiger partial charge in [-0.25, -0.2) is 0 Å². The average molecular weight is 738 g/mol. The largest absolute Gasteiger partial charge is 0.481 e. The van der Waals surface area contributed by atoms with Crippen molar-refractivity contribution in [2.75, 3.05) is 6.54 Å². The predicted molar refractivity (Wildman–Crippen MR) is 205 cm³/mol. The van der Waals surface area contributed by atoms with E-state index in [1.165, 1.54) is 5.57 Å². The molecule has 0 aliphatic heterocycles. The highest BCUT2D eigenvalue weighted by molar-refractivity contribution is 6.30. The third kappa shape index (κ3) is 6.11. The molecule has 5 aliphatic rings. The minimum absolute atomic E-state index is 0.0141. The van der Waals surface area contributed by atoms with Crippen LogP contribution < -0.4 is 5.32 Å². The Labute approximate surface area is 317 Å². The smallest absolute Gasteiger partial charge is 0.309 e. The molecular formula is C44H64ClNO6. The number of carbonyl (C=O) groups is 3. The lowest BCUT2D eigenvalue weighted by Crippen LogP contribution is -2.66. The van der Waals surface area contributed by atoms with Crippen LogP contribution in [0.2, 0.25) is 5.02 Å². The first-order valence-corrected chi connectivity index (χ1v) is 20.4. The fourth-order valence-corrected chi connectivity index (χ4v) is 13.2. The Hall–Kier alpha value is -2.22. The summed E-state index contributed by atoms with van der Waals surface area (Å²) in [5.74, 6) is 0.0352. The number of hydrogen-bond acceptors (Lipinski definition) is 6. The zero-order valence-electron chi connectivity index (χ0n) is 33.2. The van der Waals surface area contributed by atoms with E-state index in [0.717, 1.165) is 62.5 Å². The molecule has 7 nitrogen and oxygen atoms in total. The molecule has 9 atom stereocenters. The van der Waals surface area contributed by atoms with Crippen LogP contribution >= 0.6 is 11.6 Å². The highest BCUT2D eigenvalue weighted by atomic mass is 35.5.